The summed E-state index contributed by atoms with van der Waals surface area (Å²) in [5, 5.41) is 2.44. The summed E-state index contributed by atoms with van der Waals surface area (Å²) in [5.41, 5.74) is 12.5. The molecule has 1 aliphatic carbocycles. The number of halogens is 1. The molecule has 40 heavy (non-hydrogen) atoms. The predicted molar refractivity (Wildman–Crippen MR) is 163 cm³/mol. The lowest BCUT2D eigenvalue weighted by atomic mass is 9.82. The number of benzene rings is 5. The van der Waals surface area contributed by atoms with Crippen LogP contribution in [0.5, 0.6) is 0 Å². The normalized spacial score (nSPS) is 14.5. The molecule has 2 nitrogen and oxygen atoms in total. The summed E-state index contributed by atoms with van der Waals surface area (Å²) in [5.74, 6) is -0.243. The van der Waals surface area contributed by atoms with Crippen molar-refractivity contribution in [1.29, 1.82) is 0 Å². The maximum Gasteiger partial charge on any atom is 0.123 e. The van der Waals surface area contributed by atoms with Gasteiger partial charge < -0.3 is 9.97 Å². The second-order valence-electron chi connectivity index (χ2n) is 10.4. The lowest BCUT2D eigenvalue weighted by Crippen LogP contribution is -2.05. The van der Waals surface area contributed by atoms with E-state index in [2.05, 4.69) is 119 Å². The Morgan fingerprint density at radius 3 is 1.93 bits per heavy atom. The summed E-state index contributed by atoms with van der Waals surface area (Å²) in [6, 6.07) is 43.2. The van der Waals surface area contributed by atoms with Crippen LogP contribution >= 0.6 is 0 Å². The van der Waals surface area contributed by atoms with E-state index >= 15 is 0 Å². The van der Waals surface area contributed by atoms with E-state index in [1.807, 2.05) is 6.07 Å². The molecule has 8 rings (SSSR count). The average molecular weight is 517 g/mol. The maximum atomic E-state index is 14.0. The number of hydrogen-bond acceptors (Lipinski definition) is 0. The van der Waals surface area contributed by atoms with Crippen molar-refractivity contribution in [2.75, 3.05) is 0 Å². The van der Waals surface area contributed by atoms with E-state index in [4.69, 9.17) is 0 Å². The van der Waals surface area contributed by atoms with Crippen molar-refractivity contribution in [2.24, 2.45) is 0 Å². The Bertz CT molecular complexity index is 2060. The van der Waals surface area contributed by atoms with Crippen molar-refractivity contribution in [3.05, 3.63) is 167 Å². The highest BCUT2D eigenvalue weighted by atomic mass is 19.1. The van der Waals surface area contributed by atoms with Crippen molar-refractivity contribution in [2.45, 2.75) is 5.92 Å². The first-order valence-electron chi connectivity index (χ1n) is 13.6. The smallest absolute Gasteiger partial charge is 0.123 e. The molecule has 2 heterocycles. The SMILES string of the molecule is Fc1cccc(-c2ccc(C3c4c([nH]c5ccccc45)C=C(c4ccccc4)c4[nH]c5ccccc5c43)cc2)c1. The molecule has 0 radical (unpaired) electrons. The van der Waals surface area contributed by atoms with Gasteiger partial charge in [0.2, 0.25) is 0 Å². The highest BCUT2D eigenvalue weighted by molar-refractivity contribution is 6.03. The van der Waals surface area contributed by atoms with Crippen molar-refractivity contribution < 1.29 is 4.39 Å². The topological polar surface area (TPSA) is 31.6 Å². The van der Waals surface area contributed by atoms with Gasteiger partial charge in [0.25, 0.3) is 0 Å². The number of aromatic nitrogens is 2. The Labute approximate surface area is 231 Å². The van der Waals surface area contributed by atoms with E-state index < -0.39 is 0 Å². The molecule has 0 bridgehead atoms. The fourth-order valence-corrected chi connectivity index (χ4v) is 6.36. The molecule has 1 aliphatic rings. The molecular weight excluding hydrogens is 491 g/mol. The van der Waals surface area contributed by atoms with Crippen LogP contribution in [0.25, 0.3) is 44.6 Å². The van der Waals surface area contributed by atoms with Crippen LogP contribution in [0, 0.1) is 5.82 Å². The molecule has 0 saturated heterocycles. The van der Waals surface area contributed by atoms with Crippen molar-refractivity contribution in [3.8, 4) is 11.1 Å². The van der Waals surface area contributed by atoms with Gasteiger partial charge in [-0.25, -0.2) is 4.39 Å². The zero-order chi connectivity index (χ0) is 26.6. The molecule has 7 aromatic rings. The minimum Gasteiger partial charge on any atom is -0.355 e. The van der Waals surface area contributed by atoms with Gasteiger partial charge in [-0.1, -0.05) is 103 Å². The highest BCUT2D eigenvalue weighted by Gasteiger charge is 2.32. The van der Waals surface area contributed by atoms with Gasteiger partial charge in [-0.05, 0) is 63.7 Å². The summed E-state index contributed by atoms with van der Waals surface area (Å²) in [4.78, 5) is 7.54. The maximum absolute atomic E-state index is 14.0. The van der Waals surface area contributed by atoms with Gasteiger partial charge in [0.15, 0.2) is 0 Å². The lowest BCUT2D eigenvalue weighted by molar-refractivity contribution is 0.628. The third kappa shape index (κ3) is 3.55. The van der Waals surface area contributed by atoms with Gasteiger partial charge in [0.05, 0.1) is 5.69 Å². The lowest BCUT2D eigenvalue weighted by Gasteiger charge is -2.20. The van der Waals surface area contributed by atoms with E-state index in [0.717, 1.165) is 33.5 Å². The predicted octanol–water partition coefficient (Wildman–Crippen LogP) is 9.54. The Balaban J connectivity index is 1.43. The summed E-state index contributed by atoms with van der Waals surface area (Å²) >= 11 is 0. The first-order chi connectivity index (χ1) is 19.7. The molecule has 0 aliphatic heterocycles. The number of fused-ring (bicyclic) bond motifs is 6. The molecule has 2 N–H and O–H groups in total. The van der Waals surface area contributed by atoms with E-state index in [0.29, 0.717) is 0 Å². The summed E-state index contributed by atoms with van der Waals surface area (Å²) < 4.78 is 14.0. The molecule has 0 amide bonds. The number of H-pyrrole nitrogens is 2. The van der Waals surface area contributed by atoms with Crippen LogP contribution in [-0.2, 0) is 0 Å². The van der Waals surface area contributed by atoms with Crippen molar-refractivity contribution in [3.63, 3.8) is 0 Å². The molecule has 3 heteroatoms. The van der Waals surface area contributed by atoms with Crippen LogP contribution in [0.4, 0.5) is 4.39 Å². The zero-order valence-corrected chi connectivity index (χ0v) is 21.7. The van der Waals surface area contributed by atoms with Crippen LogP contribution in [0.15, 0.2) is 127 Å². The van der Waals surface area contributed by atoms with E-state index in [1.54, 1.807) is 12.1 Å². The number of nitrogens with one attached hydrogen (secondary N) is 2. The molecule has 1 unspecified atom stereocenters. The molecule has 0 saturated carbocycles. The van der Waals surface area contributed by atoms with Crippen LogP contribution in [0.3, 0.4) is 0 Å². The second kappa shape index (κ2) is 8.96. The van der Waals surface area contributed by atoms with Crippen molar-refractivity contribution in [1.82, 2.24) is 9.97 Å². The Hall–Kier alpha value is -5.15. The molecular formula is C37H25FN2. The minimum atomic E-state index is -0.225. The summed E-state index contributed by atoms with van der Waals surface area (Å²) in [6.45, 7) is 0. The van der Waals surface area contributed by atoms with Gasteiger partial charge in [-0.2, -0.15) is 0 Å². The quantitative estimate of drug-likeness (QED) is 0.234. The van der Waals surface area contributed by atoms with Crippen LogP contribution < -0.4 is 0 Å². The fourth-order valence-electron chi connectivity index (χ4n) is 6.36. The summed E-state index contributed by atoms with van der Waals surface area (Å²) in [6.07, 6.45) is 2.31. The first kappa shape index (κ1) is 22.8. The standard InChI is InChI=1S/C37H25FN2/c38-27-12-8-11-26(21-27)23-17-19-25(20-18-23)34-35-28-13-4-6-15-31(28)39-33(35)22-30(24-9-2-1-3-10-24)37-36(34)29-14-5-7-16-32(29)40-37/h1-22,34,39-40H. The number of aromatic amines is 2. The van der Waals surface area contributed by atoms with Crippen LogP contribution in [-0.4, -0.2) is 9.97 Å². The summed E-state index contributed by atoms with van der Waals surface area (Å²) in [7, 11) is 0. The van der Waals surface area contributed by atoms with Gasteiger partial charge in [-0.15, -0.1) is 0 Å². The zero-order valence-electron chi connectivity index (χ0n) is 21.7. The molecule has 5 aromatic carbocycles. The van der Waals surface area contributed by atoms with Gasteiger partial charge in [0.1, 0.15) is 5.82 Å². The third-order valence-corrected chi connectivity index (χ3v) is 8.15. The van der Waals surface area contributed by atoms with Gasteiger partial charge in [-0.3, -0.25) is 0 Å². The Morgan fingerprint density at radius 2 is 1.18 bits per heavy atom. The van der Waals surface area contributed by atoms with Crippen molar-refractivity contribution >= 4 is 33.5 Å². The van der Waals surface area contributed by atoms with E-state index in [9.17, 15) is 4.39 Å². The highest BCUT2D eigenvalue weighted by Crippen LogP contribution is 2.48. The Morgan fingerprint density at radius 1 is 0.525 bits per heavy atom. The number of hydrogen-bond donors (Lipinski definition) is 2. The molecule has 1 atom stereocenters. The van der Waals surface area contributed by atoms with Gasteiger partial charge >= 0.3 is 0 Å². The fraction of sp³-hybridized carbons (Fsp3) is 0.0270. The minimum absolute atomic E-state index is 0.0173. The van der Waals surface area contributed by atoms with Crippen LogP contribution in [0.1, 0.15) is 39.6 Å². The molecule has 0 spiro atoms. The molecule has 190 valence electrons. The first-order valence-corrected chi connectivity index (χ1v) is 13.6. The third-order valence-electron chi connectivity index (χ3n) is 8.15. The largest absolute Gasteiger partial charge is 0.355 e. The molecule has 2 aromatic heterocycles. The van der Waals surface area contributed by atoms with Gasteiger partial charge in [0, 0.05) is 39.0 Å². The molecule has 0 fully saturated rings. The number of rotatable bonds is 3. The van der Waals surface area contributed by atoms with Crippen LogP contribution in [0.2, 0.25) is 0 Å². The monoisotopic (exact) mass is 516 g/mol. The van der Waals surface area contributed by atoms with E-state index in [-0.39, 0.29) is 11.7 Å². The Kier molecular flexibility index (Phi) is 5.11. The number of para-hydroxylation sites is 2. The average Bonchev–Trinajstić information content (AvgIpc) is 3.52. The second-order valence-corrected chi connectivity index (χ2v) is 10.4. The van der Waals surface area contributed by atoms with E-state index in [1.165, 1.54) is 44.7 Å².